The van der Waals surface area contributed by atoms with E-state index in [2.05, 4.69) is 11.4 Å². The van der Waals surface area contributed by atoms with Gasteiger partial charge in [-0.05, 0) is 57.5 Å². The van der Waals surface area contributed by atoms with E-state index in [4.69, 9.17) is 9.47 Å². The summed E-state index contributed by atoms with van der Waals surface area (Å²) in [6.45, 7) is 6.64. The van der Waals surface area contributed by atoms with Crippen LogP contribution in [0.2, 0.25) is 0 Å². The largest absolute Gasteiger partial charge is 0.486 e. The molecule has 19 heavy (non-hydrogen) atoms. The molecule has 1 aliphatic rings. The number of aliphatic hydroxyl groups is 1. The molecule has 0 atom stereocenters. The van der Waals surface area contributed by atoms with Crippen LogP contribution in [0.5, 0.6) is 11.5 Å². The topological polar surface area (TPSA) is 50.7 Å². The Bertz CT molecular complexity index is 412. The summed E-state index contributed by atoms with van der Waals surface area (Å²) in [6, 6.07) is 6.10. The second kappa shape index (κ2) is 6.26. The van der Waals surface area contributed by atoms with E-state index in [1.807, 2.05) is 26.0 Å². The zero-order valence-electron chi connectivity index (χ0n) is 11.7. The highest BCUT2D eigenvalue weighted by Gasteiger charge is 2.12. The van der Waals surface area contributed by atoms with Gasteiger partial charge in [0.05, 0.1) is 5.60 Å². The normalized spacial score (nSPS) is 14.5. The predicted octanol–water partition coefficient (Wildman–Crippen LogP) is 1.75. The molecular weight excluding hydrogens is 242 g/mol. The fourth-order valence-electron chi connectivity index (χ4n) is 2.00. The van der Waals surface area contributed by atoms with E-state index in [1.165, 1.54) is 5.56 Å². The summed E-state index contributed by atoms with van der Waals surface area (Å²) in [5, 5.41) is 12.9. The second-order valence-corrected chi connectivity index (χ2v) is 5.54. The fraction of sp³-hybridized carbons (Fsp3) is 0.600. The Hall–Kier alpha value is -1.26. The number of hydrogen-bond donors (Lipinski definition) is 2. The van der Waals surface area contributed by atoms with Gasteiger partial charge in [-0.15, -0.1) is 0 Å². The lowest BCUT2D eigenvalue weighted by Crippen LogP contribution is -2.27. The summed E-state index contributed by atoms with van der Waals surface area (Å²) in [6.07, 6.45) is 1.70. The molecule has 0 spiro atoms. The maximum absolute atomic E-state index is 9.60. The molecule has 106 valence electrons. The summed E-state index contributed by atoms with van der Waals surface area (Å²) in [5.41, 5.74) is 0.643. The minimum atomic E-state index is -0.593. The Morgan fingerprint density at radius 3 is 2.63 bits per heavy atom. The van der Waals surface area contributed by atoms with E-state index >= 15 is 0 Å². The maximum atomic E-state index is 9.60. The van der Waals surface area contributed by atoms with Crippen LogP contribution in [0.25, 0.3) is 0 Å². The summed E-state index contributed by atoms with van der Waals surface area (Å²) in [5.74, 6) is 1.69. The lowest BCUT2D eigenvalue weighted by atomic mass is 10.1. The minimum absolute atomic E-state index is 0.593. The van der Waals surface area contributed by atoms with Gasteiger partial charge in [0.2, 0.25) is 0 Å². The van der Waals surface area contributed by atoms with Gasteiger partial charge in [-0.1, -0.05) is 6.07 Å². The van der Waals surface area contributed by atoms with Crippen molar-refractivity contribution in [2.75, 3.05) is 26.3 Å². The SMILES string of the molecule is CC(C)(O)CCNCCc1ccc2c(c1)OCCO2. The molecule has 0 radical (unpaired) electrons. The van der Waals surface area contributed by atoms with Crippen molar-refractivity contribution >= 4 is 0 Å². The molecule has 1 aromatic rings. The van der Waals surface area contributed by atoms with Gasteiger partial charge < -0.3 is 19.9 Å². The summed E-state index contributed by atoms with van der Waals surface area (Å²) in [7, 11) is 0. The Morgan fingerprint density at radius 1 is 1.16 bits per heavy atom. The van der Waals surface area contributed by atoms with Crippen molar-refractivity contribution < 1.29 is 14.6 Å². The standard InChI is InChI=1S/C15H23NO3/c1-15(2,17)6-8-16-7-5-12-3-4-13-14(11-12)19-10-9-18-13/h3-4,11,16-17H,5-10H2,1-2H3. The van der Waals surface area contributed by atoms with Crippen molar-refractivity contribution in [3.05, 3.63) is 23.8 Å². The number of fused-ring (bicyclic) bond motifs is 1. The number of benzene rings is 1. The quantitative estimate of drug-likeness (QED) is 0.769. The summed E-state index contributed by atoms with van der Waals surface area (Å²) >= 11 is 0. The third-order valence-corrected chi connectivity index (χ3v) is 3.11. The van der Waals surface area contributed by atoms with E-state index in [0.29, 0.717) is 13.2 Å². The van der Waals surface area contributed by atoms with E-state index in [9.17, 15) is 5.11 Å². The van der Waals surface area contributed by atoms with Crippen LogP contribution in [0.15, 0.2) is 18.2 Å². The summed E-state index contributed by atoms with van der Waals surface area (Å²) in [4.78, 5) is 0. The second-order valence-electron chi connectivity index (χ2n) is 5.54. The van der Waals surface area contributed by atoms with Gasteiger partial charge in [0.15, 0.2) is 11.5 Å². The van der Waals surface area contributed by atoms with Crippen LogP contribution in [0, 0.1) is 0 Å². The van der Waals surface area contributed by atoms with Crippen molar-refractivity contribution in [2.24, 2.45) is 0 Å². The fourth-order valence-corrected chi connectivity index (χ4v) is 2.00. The molecule has 2 rings (SSSR count). The zero-order valence-corrected chi connectivity index (χ0v) is 11.7. The number of nitrogens with one attached hydrogen (secondary N) is 1. The first-order valence-electron chi connectivity index (χ1n) is 6.86. The first kappa shape index (κ1) is 14.2. The van der Waals surface area contributed by atoms with Gasteiger partial charge in [-0.3, -0.25) is 0 Å². The average Bonchev–Trinajstić information content (AvgIpc) is 2.37. The minimum Gasteiger partial charge on any atom is -0.486 e. The molecule has 0 saturated carbocycles. The van der Waals surface area contributed by atoms with E-state index in [1.54, 1.807) is 0 Å². The van der Waals surface area contributed by atoms with Gasteiger partial charge in [0.25, 0.3) is 0 Å². The Kier molecular flexibility index (Phi) is 4.66. The maximum Gasteiger partial charge on any atom is 0.161 e. The van der Waals surface area contributed by atoms with Crippen molar-refractivity contribution in [1.29, 1.82) is 0 Å². The first-order chi connectivity index (χ1) is 9.04. The molecule has 0 unspecified atom stereocenters. The first-order valence-corrected chi connectivity index (χ1v) is 6.86. The van der Waals surface area contributed by atoms with Crippen LogP contribution < -0.4 is 14.8 Å². The van der Waals surface area contributed by atoms with E-state index in [0.717, 1.165) is 37.4 Å². The molecule has 4 nitrogen and oxygen atoms in total. The van der Waals surface area contributed by atoms with Crippen LogP contribution >= 0.6 is 0 Å². The Morgan fingerprint density at radius 2 is 1.89 bits per heavy atom. The van der Waals surface area contributed by atoms with Gasteiger partial charge in [0.1, 0.15) is 13.2 Å². The molecule has 0 bridgehead atoms. The Labute approximate surface area is 114 Å². The van der Waals surface area contributed by atoms with Crippen LogP contribution in [0.1, 0.15) is 25.8 Å². The zero-order chi connectivity index (χ0) is 13.7. The highest BCUT2D eigenvalue weighted by atomic mass is 16.6. The van der Waals surface area contributed by atoms with Gasteiger partial charge in [-0.25, -0.2) is 0 Å². The molecule has 0 aliphatic carbocycles. The lowest BCUT2D eigenvalue weighted by Gasteiger charge is -2.19. The monoisotopic (exact) mass is 265 g/mol. The molecule has 1 aromatic carbocycles. The van der Waals surface area contributed by atoms with E-state index in [-0.39, 0.29) is 0 Å². The molecule has 0 amide bonds. The van der Waals surface area contributed by atoms with Crippen LogP contribution in [0.4, 0.5) is 0 Å². The lowest BCUT2D eigenvalue weighted by molar-refractivity contribution is 0.0713. The molecule has 0 aromatic heterocycles. The van der Waals surface area contributed by atoms with Crippen LogP contribution in [-0.4, -0.2) is 37.0 Å². The Balaban J connectivity index is 1.74. The number of ether oxygens (including phenoxy) is 2. The smallest absolute Gasteiger partial charge is 0.161 e. The highest BCUT2D eigenvalue weighted by molar-refractivity contribution is 5.43. The molecule has 2 N–H and O–H groups in total. The van der Waals surface area contributed by atoms with Crippen LogP contribution in [0.3, 0.4) is 0 Å². The molecule has 0 fully saturated rings. The van der Waals surface area contributed by atoms with Crippen LogP contribution in [-0.2, 0) is 6.42 Å². The highest BCUT2D eigenvalue weighted by Crippen LogP contribution is 2.30. The summed E-state index contributed by atoms with van der Waals surface area (Å²) < 4.78 is 11.0. The average molecular weight is 265 g/mol. The van der Waals surface area contributed by atoms with E-state index < -0.39 is 5.60 Å². The molecule has 4 heteroatoms. The molecule has 0 saturated heterocycles. The van der Waals surface area contributed by atoms with Crippen molar-refractivity contribution in [3.63, 3.8) is 0 Å². The molecule has 1 heterocycles. The van der Waals surface area contributed by atoms with Crippen molar-refractivity contribution in [1.82, 2.24) is 5.32 Å². The molecule has 1 aliphatic heterocycles. The third kappa shape index (κ3) is 4.73. The van der Waals surface area contributed by atoms with Gasteiger partial charge in [-0.2, -0.15) is 0 Å². The van der Waals surface area contributed by atoms with Gasteiger partial charge >= 0.3 is 0 Å². The molecular formula is C15H23NO3. The van der Waals surface area contributed by atoms with Crippen molar-refractivity contribution in [3.8, 4) is 11.5 Å². The number of hydrogen-bond acceptors (Lipinski definition) is 4. The number of rotatable bonds is 6. The van der Waals surface area contributed by atoms with Gasteiger partial charge in [0, 0.05) is 0 Å². The van der Waals surface area contributed by atoms with Crippen molar-refractivity contribution in [2.45, 2.75) is 32.3 Å². The third-order valence-electron chi connectivity index (χ3n) is 3.11. The predicted molar refractivity (Wildman–Crippen MR) is 74.9 cm³/mol.